The zero-order valence-corrected chi connectivity index (χ0v) is 18.7. The van der Waals surface area contributed by atoms with E-state index in [9.17, 15) is 13.2 Å². The van der Waals surface area contributed by atoms with Gasteiger partial charge in [0.15, 0.2) is 0 Å². The third-order valence-electron chi connectivity index (χ3n) is 5.09. The van der Waals surface area contributed by atoms with Crippen LogP contribution in [0.25, 0.3) is 0 Å². The Morgan fingerprint density at radius 2 is 1.79 bits per heavy atom. The Balaban J connectivity index is 1.62. The van der Waals surface area contributed by atoms with Crippen LogP contribution >= 0.6 is 22.9 Å². The first-order chi connectivity index (χ1) is 13.2. The Hall–Kier alpha value is -1.41. The van der Waals surface area contributed by atoms with Gasteiger partial charge in [-0.25, -0.2) is 8.42 Å². The summed E-state index contributed by atoms with van der Waals surface area (Å²) < 4.78 is 28.5. The molecule has 1 aromatic heterocycles. The number of aryl methyl sites for hydroxylation is 3. The van der Waals surface area contributed by atoms with Crippen LogP contribution in [0.3, 0.4) is 0 Å². The van der Waals surface area contributed by atoms with Gasteiger partial charge in [-0.1, -0.05) is 29.3 Å². The van der Waals surface area contributed by atoms with E-state index in [1.165, 1.54) is 15.6 Å². The number of thiophene rings is 1. The number of carbonyl (C=O) groups excluding carboxylic acids is 1. The van der Waals surface area contributed by atoms with E-state index in [0.717, 1.165) is 21.6 Å². The molecule has 1 aliphatic heterocycles. The second kappa shape index (κ2) is 8.53. The highest BCUT2D eigenvalue weighted by atomic mass is 35.5. The van der Waals surface area contributed by atoms with Gasteiger partial charge in [-0.3, -0.25) is 4.79 Å². The Labute approximate surface area is 175 Å². The van der Waals surface area contributed by atoms with Crippen molar-refractivity contribution in [3.05, 3.63) is 50.2 Å². The van der Waals surface area contributed by atoms with E-state index in [-0.39, 0.29) is 11.8 Å². The molecule has 28 heavy (non-hydrogen) atoms. The van der Waals surface area contributed by atoms with E-state index in [1.54, 1.807) is 0 Å². The molecule has 0 saturated carbocycles. The van der Waals surface area contributed by atoms with E-state index in [1.807, 2.05) is 45.0 Å². The van der Waals surface area contributed by atoms with Crippen molar-refractivity contribution in [1.82, 2.24) is 9.62 Å². The quantitative estimate of drug-likeness (QED) is 0.762. The molecular formula is C20H25ClN2O3S2. The fourth-order valence-electron chi connectivity index (χ4n) is 3.83. The minimum Gasteiger partial charge on any atom is -0.351 e. The summed E-state index contributed by atoms with van der Waals surface area (Å²) in [4.78, 5) is 13.8. The van der Waals surface area contributed by atoms with Crippen LogP contribution in [0.15, 0.2) is 29.2 Å². The normalized spacial score (nSPS) is 16.3. The maximum atomic E-state index is 13.1. The van der Waals surface area contributed by atoms with Crippen molar-refractivity contribution in [2.45, 2.75) is 45.1 Å². The first-order valence-electron chi connectivity index (χ1n) is 9.28. The van der Waals surface area contributed by atoms with Crippen LogP contribution < -0.4 is 5.32 Å². The summed E-state index contributed by atoms with van der Waals surface area (Å²) in [7, 11) is -3.55. The number of nitrogens with one attached hydrogen (secondary N) is 1. The standard InChI is InChI=1S/C20H25ClN2O3S2/c1-13-10-14(2)19(15(3)11-13)28(25,26)23-8-6-16(7-9-23)20(24)22-12-17-4-5-18(21)27-17/h4-5,10-11,16H,6-9,12H2,1-3H3,(H,22,24). The molecule has 1 amide bonds. The number of hydrogen-bond donors (Lipinski definition) is 1. The van der Waals surface area contributed by atoms with Gasteiger partial charge in [0.2, 0.25) is 15.9 Å². The number of piperidine rings is 1. The third kappa shape index (κ3) is 4.59. The van der Waals surface area contributed by atoms with Gasteiger partial charge >= 0.3 is 0 Å². The summed E-state index contributed by atoms with van der Waals surface area (Å²) in [6.45, 7) is 6.81. The molecule has 0 radical (unpaired) electrons. The maximum Gasteiger partial charge on any atom is 0.243 e. The smallest absolute Gasteiger partial charge is 0.243 e. The summed E-state index contributed by atoms with van der Waals surface area (Å²) in [5.74, 6) is -0.189. The van der Waals surface area contributed by atoms with Gasteiger partial charge in [0.1, 0.15) is 0 Å². The van der Waals surface area contributed by atoms with Crippen LogP contribution in [-0.4, -0.2) is 31.7 Å². The predicted molar refractivity (Wildman–Crippen MR) is 113 cm³/mol. The molecule has 1 saturated heterocycles. The van der Waals surface area contributed by atoms with Crippen LogP contribution in [0.2, 0.25) is 4.34 Å². The lowest BCUT2D eigenvalue weighted by Gasteiger charge is -2.31. The molecule has 2 aromatic rings. The zero-order chi connectivity index (χ0) is 20.5. The monoisotopic (exact) mass is 440 g/mol. The Kier molecular flexibility index (Phi) is 6.49. The van der Waals surface area contributed by atoms with E-state index in [2.05, 4.69) is 5.32 Å². The number of benzene rings is 1. The van der Waals surface area contributed by atoms with Gasteiger partial charge in [0.05, 0.1) is 15.8 Å². The first kappa shape index (κ1) is 21.3. The molecule has 0 unspecified atom stereocenters. The lowest BCUT2D eigenvalue weighted by atomic mass is 9.97. The van der Waals surface area contributed by atoms with Crippen molar-refractivity contribution in [2.24, 2.45) is 5.92 Å². The van der Waals surface area contributed by atoms with Crippen molar-refractivity contribution in [3.63, 3.8) is 0 Å². The average Bonchev–Trinajstić information content (AvgIpc) is 3.04. The van der Waals surface area contributed by atoms with Gasteiger partial charge in [-0.05, 0) is 56.9 Å². The molecule has 2 heterocycles. The fraction of sp³-hybridized carbons (Fsp3) is 0.450. The Morgan fingerprint density at radius 1 is 1.18 bits per heavy atom. The molecule has 0 atom stereocenters. The van der Waals surface area contributed by atoms with E-state index < -0.39 is 10.0 Å². The van der Waals surface area contributed by atoms with E-state index >= 15 is 0 Å². The minimum atomic E-state index is -3.55. The maximum absolute atomic E-state index is 13.1. The molecular weight excluding hydrogens is 416 g/mol. The molecule has 1 aliphatic rings. The Morgan fingerprint density at radius 3 is 2.32 bits per heavy atom. The van der Waals surface area contributed by atoms with Gasteiger partial charge in [0.25, 0.3) is 0 Å². The van der Waals surface area contributed by atoms with E-state index in [4.69, 9.17) is 11.6 Å². The van der Waals surface area contributed by atoms with Crippen LogP contribution in [-0.2, 0) is 21.4 Å². The number of hydrogen-bond acceptors (Lipinski definition) is 4. The lowest BCUT2D eigenvalue weighted by Crippen LogP contribution is -2.43. The molecule has 0 aliphatic carbocycles. The fourth-order valence-corrected chi connectivity index (χ4v) is 6.74. The van der Waals surface area contributed by atoms with Crippen molar-refractivity contribution in [3.8, 4) is 0 Å². The molecule has 8 heteroatoms. The van der Waals surface area contributed by atoms with Crippen molar-refractivity contribution < 1.29 is 13.2 Å². The van der Waals surface area contributed by atoms with Crippen molar-refractivity contribution in [2.75, 3.05) is 13.1 Å². The highest BCUT2D eigenvalue weighted by molar-refractivity contribution is 7.89. The Bertz CT molecular complexity index is 954. The topological polar surface area (TPSA) is 66.5 Å². The summed E-state index contributed by atoms with van der Waals surface area (Å²) in [6, 6.07) is 7.51. The summed E-state index contributed by atoms with van der Waals surface area (Å²) in [5, 5.41) is 2.94. The molecule has 0 bridgehead atoms. The van der Waals surface area contributed by atoms with Crippen LogP contribution in [0, 0.1) is 26.7 Å². The zero-order valence-electron chi connectivity index (χ0n) is 16.3. The first-order valence-corrected chi connectivity index (χ1v) is 11.9. The molecule has 0 spiro atoms. The molecule has 5 nitrogen and oxygen atoms in total. The van der Waals surface area contributed by atoms with Crippen LogP contribution in [0.1, 0.15) is 34.4 Å². The number of rotatable bonds is 5. The third-order valence-corrected chi connectivity index (χ3v) is 8.53. The molecule has 3 rings (SSSR count). The number of carbonyl (C=O) groups is 1. The molecule has 152 valence electrons. The highest BCUT2D eigenvalue weighted by Crippen LogP contribution is 2.29. The minimum absolute atomic E-state index is 0.0238. The summed E-state index contributed by atoms with van der Waals surface area (Å²) in [6.07, 6.45) is 1.06. The van der Waals surface area contributed by atoms with Gasteiger partial charge < -0.3 is 5.32 Å². The van der Waals surface area contributed by atoms with Crippen LogP contribution in [0.4, 0.5) is 0 Å². The van der Waals surface area contributed by atoms with Crippen LogP contribution in [0.5, 0.6) is 0 Å². The molecule has 1 aromatic carbocycles. The predicted octanol–water partition coefficient (Wildman–Crippen LogP) is 4.04. The van der Waals surface area contributed by atoms with E-state index in [0.29, 0.717) is 41.7 Å². The second-order valence-electron chi connectivity index (χ2n) is 7.33. The number of sulfonamides is 1. The second-order valence-corrected chi connectivity index (χ2v) is 11.0. The van der Waals surface area contributed by atoms with Gasteiger partial charge in [-0.2, -0.15) is 4.31 Å². The molecule has 1 N–H and O–H groups in total. The summed E-state index contributed by atoms with van der Waals surface area (Å²) >= 11 is 7.35. The largest absolute Gasteiger partial charge is 0.351 e. The molecule has 1 fully saturated rings. The number of nitrogens with zero attached hydrogens (tertiary/aromatic N) is 1. The van der Waals surface area contributed by atoms with Crippen molar-refractivity contribution >= 4 is 38.9 Å². The number of halogens is 1. The number of amides is 1. The summed E-state index contributed by atoms with van der Waals surface area (Å²) in [5.41, 5.74) is 2.59. The average molecular weight is 441 g/mol. The van der Waals surface area contributed by atoms with Gasteiger partial charge in [0, 0.05) is 23.9 Å². The SMILES string of the molecule is Cc1cc(C)c(S(=O)(=O)N2CCC(C(=O)NCc3ccc(Cl)s3)CC2)c(C)c1. The highest BCUT2D eigenvalue weighted by Gasteiger charge is 2.33. The lowest BCUT2D eigenvalue weighted by molar-refractivity contribution is -0.126. The van der Waals surface area contributed by atoms with Crippen molar-refractivity contribution in [1.29, 1.82) is 0 Å². The van der Waals surface area contributed by atoms with Gasteiger partial charge in [-0.15, -0.1) is 11.3 Å².